The first-order chi connectivity index (χ1) is 15.2. The van der Waals surface area contributed by atoms with E-state index in [2.05, 4.69) is 9.97 Å². The van der Waals surface area contributed by atoms with E-state index in [0.29, 0.717) is 27.6 Å². The molecule has 4 rings (SSSR count). The lowest BCUT2D eigenvalue weighted by atomic mass is 9.96. The van der Waals surface area contributed by atoms with Gasteiger partial charge in [0.05, 0.1) is 29.0 Å². The van der Waals surface area contributed by atoms with E-state index < -0.39 is 21.6 Å². The molecule has 1 heterocycles. The molecule has 4 aromatic rings. The topological polar surface area (TPSA) is 69.2 Å². The molecule has 0 spiro atoms. The fraction of sp³-hybridized carbons (Fsp3) is 0.130. The molecule has 0 saturated carbocycles. The van der Waals surface area contributed by atoms with Crippen LogP contribution in [0.2, 0.25) is 0 Å². The van der Waals surface area contributed by atoms with Crippen LogP contribution in [-0.2, 0) is 21.8 Å². The number of benzene rings is 3. The van der Waals surface area contributed by atoms with Crippen molar-refractivity contribution in [3.05, 3.63) is 84.4 Å². The van der Waals surface area contributed by atoms with E-state index in [1.165, 1.54) is 37.8 Å². The minimum atomic E-state index is -4.49. The standard InChI is InChI=1S/C23H17F3N2O3S/c1-31-22-12-16(23(24,25)26)5-7-21(22)20-4-2-3-15-11-18(6-8-19(15)20)32(29,30)13-17-9-10-27-14-28-17/h2-12,14H,13H2,1H3. The minimum Gasteiger partial charge on any atom is -0.496 e. The van der Waals surface area contributed by atoms with Crippen LogP contribution in [0.3, 0.4) is 0 Å². The first kappa shape index (κ1) is 21.8. The number of hydrogen-bond acceptors (Lipinski definition) is 5. The fourth-order valence-electron chi connectivity index (χ4n) is 3.46. The Hall–Kier alpha value is -3.46. The summed E-state index contributed by atoms with van der Waals surface area (Å²) in [6, 6.07) is 14.7. The highest BCUT2D eigenvalue weighted by Crippen LogP contribution is 2.39. The SMILES string of the molecule is COc1cc(C(F)(F)F)ccc1-c1cccc2cc(S(=O)(=O)Cc3ccncn3)ccc12. The molecule has 0 bridgehead atoms. The summed E-state index contributed by atoms with van der Waals surface area (Å²) in [5.41, 5.74) is 0.676. The van der Waals surface area contributed by atoms with Crippen molar-refractivity contribution in [3.8, 4) is 16.9 Å². The summed E-state index contributed by atoms with van der Waals surface area (Å²) in [5, 5.41) is 1.32. The molecule has 0 aliphatic heterocycles. The van der Waals surface area contributed by atoms with E-state index in [0.717, 1.165) is 12.1 Å². The second kappa shape index (κ2) is 8.23. The summed E-state index contributed by atoms with van der Waals surface area (Å²) in [4.78, 5) is 7.87. The van der Waals surface area contributed by atoms with Gasteiger partial charge in [0.1, 0.15) is 12.1 Å². The molecule has 9 heteroatoms. The van der Waals surface area contributed by atoms with Gasteiger partial charge in [0.15, 0.2) is 9.84 Å². The first-order valence-electron chi connectivity index (χ1n) is 9.45. The molecule has 0 atom stereocenters. The van der Waals surface area contributed by atoms with Crippen LogP contribution in [0.25, 0.3) is 21.9 Å². The number of halogens is 3. The van der Waals surface area contributed by atoms with Crippen molar-refractivity contribution in [2.24, 2.45) is 0 Å². The number of methoxy groups -OCH3 is 1. The summed E-state index contributed by atoms with van der Waals surface area (Å²) < 4.78 is 70.2. The van der Waals surface area contributed by atoms with Gasteiger partial charge in [0.2, 0.25) is 0 Å². The van der Waals surface area contributed by atoms with Crippen molar-refractivity contribution >= 4 is 20.6 Å². The Morgan fingerprint density at radius 2 is 1.78 bits per heavy atom. The van der Waals surface area contributed by atoms with Crippen molar-refractivity contribution in [2.75, 3.05) is 7.11 Å². The van der Waals surface area contributed by atoms with Crippen LogP contribution in [0.1, 0.15) is 11.3 Å². The van der Waals surface area contributed by atoms with Crippen molar-refractivity contribution < 1.29 is 26.3 Å². The fourth-order valence-corrected chi connectivity index (χ4v) is 4.77. The first-order valence-corrected chi connectivity index (χ1v) is 11.1. The van der Waals surface area contributed by atoms with Crippen LogP contribution in [0.15, 0.2) is 78.1 Å². The number of ether oxygens (including phenoxy) is 1. The van der Waals surface area contributed by atoms with E-state index in [4.69, 9.17) is 4.74 Å². The largest absolute Gasteiger partial charge is 0.496 e. The predicted octanol–water partition coefficient (Wildman–Crippen LogP) is 5.30. The molecule has 0 aliphatic rings. The molecule has 0 unspecified atom stereocenters. The van der Waals surface area contributed by atoms with Gasteiger partial charge in [-0.2, -0.15) is 13.2 Å². The monoisotopic (exact) mass is 458 g/mol. The zero-order valence-electron chi connectivity index (χ0n) is 16.8. The number of nitrogens with zero attached hydrogens (tertiary/aromatic N) is 2. The molecule has 1 aromatic heterocycles. The average molecular weight is 458 g/mol. The third kappa shape index (κ3) is 4.29. The highest BCUT2D eigenvalue weighted by atomic mass is 32.2. The van der Waals surface area contributed by atoms with Gasteiger partial charge in [-0.05, 0) is 46.7 Å². The Labute approximate surface area is 182 Å². The van der Waals surface area contributed by atoms with Crippen LogP contribution in [0, 0.1) is 0 Å². The van der Waals surface area contributed by atoms with Crippen LogP contribution in [0.4, 0.5) is 13.2 Å². The third-order valence-corrected chi connectivity index (χ3v) is 6.66. The second-order valence-corrected chi connectivity index (χ2v) is 9.05. The van der Waals surface area contributed by atoms with Gasteiger partial charge in [-0.25, -0.2) is 18.4 Å². The predicted molar refractivity (Wildman–Crippen MR) is 114 cm³/mol. The number of rotatable bonds is 5. The molecular weight excluding hydrogens is 441 g/mol. The van der Waals surface area contributed by atoms with Crippen molar-refractivity contribution in [2.45, 2.75) is 16.8 Å². The molecule has 5 nitrogen and oxygen atoms in total. The van der Waals surface area contributed by atoms with Crippen molar-refractivity contribution in [3.63, 3.8) is 0 Å². The highest BCUT2D eigenvalue weighted by molar-refractivity contribution is 7.90. The third-order valence-electron chi connectivity index (χ3n) is 5.01. The number of hydrogen-bond donors (Lipinski definition) is 0. The van der Waals surface area contributed by atoms with Gasteiger partial charge in [0.25, 0.3) is 0 Å². The van der Waals surface area contributed by atoms with E-state index in [1.807, 2.05) is 0 Å². The maximum atomic E-state index is 13.1. The van der Waals surface area contributed by atoms with Gasteiger partial charge in [0, 0.05) is 11.8 Å². The van der Waals surface area contributed by atoms with Crippen LogP contribution < -0.4 is 4.74 Å². The van der Waals surface area contributed by atoms with E-state index in [-0.39, 0.29) is 16.4 Å². The molecular formula is C23H17F3N2O3S. The van der Waals surface area contributed by atoms with Crippen LogP contribution in [0.5, 0.6) is 5.75 Å². The normalized spacial score (nSPS) is 12.1. The zero-order valence-corrected chi connectivity index (χ0v) is 17.6. The minimum absolute atomic E-state index is 0.0767. The molecule has 0 saturated heterocycles. The number of aromatic nitrogens is 2. The molecule has 0 N–H and O–H groups in total. The Balaban J connectivity index is 1.78. The Bertz CT molecular complexity index is 1390. The lowest BCUT2D eigenvalue weighted by molar-refractivity contribution is -0.137. The summed E-state index contributed by atoms with van der Waals surface area (Å²) >= 11 is 0. The van der Waals surface area contributed by atoms with Crippen molar-refractivity contribution in [1.82, 2.24) is 9.97 Å². The summed E-state index contributed by atoms with van der Waals surface area (Å²) in [6.45, 7) is 0. The summed E-state index contributed by atoms with van der Waals surface area (Å²) in [5.74, 6) is -0.194. The van der Waals surface area contributed by atoms with Gasteiger partial charge in [-0.3, -0.25) is 0 Å². The van der Waals surface area contributed by atoms with E-state index in [9.17, 15) is 21.6 Å². The summed E-state index contributed by atoms with van der Waals surface area (Å²) in [7, 11) is -2.35. The van der Waals surface area contributed by atoms with Crippen LogP contribution >= 0.6 is 0 Å². The Morgan fingerprint density at radius 1 is 0.969 bits per heavy atom. The smallest absolute Gasteiger partial charge is 0.416 e. The molecule has 0 amide bonds. The lowest BCUT2D eigenvalue weighted by Crippen LogP contribution is -2.06. The molecule has 0 radical (unpaired) electrons. The molecule has 164 valence electrons. The van der Waals surface area contributed by atoms with Gasteiger partial charge in [-0.15, -0.1) is 0 Å². The zero-order chi connectivity index (χ0) is 22.9. The van der Waals surface area contributed by atoms with E-state index in [1.54, 1.807) is 30.3 Å². The average Bonchev–Trinajstić information content (AvgIpc) is 2.77. The Morgan fingerprint density at radius 3 is 2.47 bits per heavy atom. The molecule has 0 aliphatic carbocycles. The quantitative estimate of drug-likeness (QED) is 0.406. The molecule has 0 fully saturated rings. The molecule has 32 heavy (non-hydrogen) atoms. The number of alkyl halides is 3. The van der Waals surface area contributed by atoms with Crippen molar-refractivity contribution in [1.29, 1.82) is 0 Å². The highest BCUT2D eigenvalue weighted by Gasteiger charge is 2.31. The lowest BCUT2D eigenvalue weighted by Gasteiger charge is -2.15. The number of fused-ring (bicyclic) bond motifs is 1. The van der Waals surface area contributed by atoms with E-state index >= 15 is 0 Å². The maximum absolute atomic E-state index is 13.1. The summed E-state index contributed by atoms with van der Waals surface area (Å²) in [6.07, 6.45) is -1.73. The Kier molecular flexibility index (Phi) is 5.60. The van der Waals surface area contributed by atoms with Gasteiger partial charge >= 0.3 is 6.18 Å². The second-order valence-electron chi connectivity index (χ2n) is 7.06. The van der Waals surface area contributed by atoms with Crippen LogP contribution in [-0.4, -0.2) is 25.5 Å². The molecule has 3 aromatic carbocycles. The van der Waals surface area contributed by atoms with Gasteiger partial charge < -0.3 is 4.74 Å². The van der Waals surface area contributed by atoms with Gasteiger partial charge in [-0.1, -0.05) is 30.3 Å². The maximum Gasteiger partial charge on any atom is 0.416 e. The number of sulfone groups is 1.